The van der Waals surface area contributed by atoms with Crippen molar-refractivity contribution in [2.75, 3.05) is 12.4 Å². The van der Waals surface area contributed by atoms with Gasteiger partial charge < -0.3 is 15.8 Å². The van der Waals surface area contributed by atoms with E-state index in [0.717, 1.165) is 11.3 Å². The second-order valence-corrected chi connectivity index (χ2v) is 8.46. The number of nitrogens with two attached hydrogens (primary N) is 1. The lowest BCUT2D eigenvalue weighted by molar-refractivity contribution is 0.413. The van der Waals surface area contributed by atoms with Gasteiger partial charge in [0.1, 0.15) is 5.75 Å². The molecule has 3 nitrogen and oxygen atoms in total. The fourth-order valence-corrected chi connectivity index (χ4v) is 3.92. The summed E-state index contributed by atoms with van der Waals surface area (Å²) in [6, 6.07) is 24.9. The van der Waals surface area contributed by atoms with Crippen LogP contribution in [0, 0.1) is 0 Å². The Kier molecular flexibility index (Phi) is 7.17. The zero-order valence-electron chi connectivity index (χ0n) is 18.7. The maximum atomic E-state index is 6.84. The van der Waals surface area contributed by atoms with Gasteiger partial charge in [0.2, 0.25) is 0 Å². The van der Waals surface area contributed by atoms with Crippen LogP contribution in [0.25, 0.3) is 0 Å². The first kappa shape index (κ1) is 21.9. The van der Waals surface area contributed by atoms with Crippen LogP contribution in [0.2, 0.25) is 0 Å². The van der Waals surface area contributed by atoms with Crippen LogP contribution >= 0.6 is 0 Å². The van der Waals surface area contributed by atoms with Gasteiger partial charge in [0.05, 0.1) is 19.2 Å². The molecule has 0 saturated carbocycles. The third kappa shape index (κ3) is 4.85. The molecule has 0 aliphatic heterocycles. The summed E-state index contributed by atoms with van der Waals surface area (Å²) in [6.45, 7) is 8.88. The summed E-state index contributed by atoms with van der Waals surface area (Å²) in [4.78, 5) is 0. The number of methoxy groups -OCH3 is 1. The van der Waals surface area contributed by atoms with E-state index in [1.54, 1.807) is 7.11 Å². The van der Waals surface area contributed by atoms with Crippen LogP contribution < -0.4 is 15.8 Å². The summed E-state index contributed by atoms with van der Waals surface area (Å²) in [5.41, 5.74) is 12.8. The SMILES string of the molecule is COc1cc(C(C)C)c(N[C@@H](c2ccccc2)[C@@H](N)c2ccccc2)c(C(C)C)c1. The van der Waals surface area contributed by atoms with Crippen LogP contribution in [0.5, 0.6) is 5.75 Å². The smallest absolute Gasteiger partial charge is 0.119 e. The molecule has 3 N–H and O–H groups in total. The standard InChI is InChI=1S/C27H34N2O/c1-18(2)23-16-22(30-5)17-24(19(3)4)27(23)29-26(21-14-10-7-11-15-21)25(28)20-12-8-6-9-13-20/h6-19,25-26,29H,28H2,1-5H3/t25-,26-/m0/s1. The van der Waals surface area contributed by atoms with Crippen molar-refractivity contribution >= 4 is 5.69 Å². The molecule has 0 fully saturated rings. The predicted octanol–water partition coefficient (Wildman–Crippen LogP) is 6.80. The van der Waals surface area contributed by atoms with Crippen LogP contribution in [0.1, 0.15) is 73.9 Å². The predicted molar refractivity (Wildman–Crippen MR) is 127 cm³/mol. The van der Waals surface area contributed by atoms with Crippen molar-refractivity contribution in [1.82, 2.24) is 0 Å². The van der Waals surface area contributed by atoms with Gasteiger partial charge in [-0.25, -0.2) is 0 Å². The Balaban J connectivity index is 2.13. The minimum Gasteiger partial charge on any atom is -0.497 e. The Bertz CT molecular complexity index is 907. The van der Waals surface area contributed by atoms with E-state index in [2.05, 4.69) is 81.5 Å². The number of nitrogens with one attached hydrogen (secondary N) is 1. The molecule has 0 radical (unpaired) electrons. The summed E-state index contributed by atoms with van der Waals surface area (Å²) >= 11 is 0. The van der Waals surface area contributed by atoms with Crippen molar-refractivity contribution in [1.29, 1.82) is 0 Å². The van der Waals surface area contributed by atoms with Crippen LogP contribution in [0.4, 0.5) is 5.69 Å². The highest BCUT2D eigenvalue weighted by molar-refractivity contribution is 5.64. The molecule has 0 aliphatic carbocycles. The zero-order valence-corrected chi connectivity index (χ0v) is 18.7. The molecule has 0 amide bonds. The number of anilines is 1. The molecule has 0 unspecified atom stereocenters. The van der Waals surface area contributed by atoms with Crippen molar-refractivity contribution in [2.24, 2.45) is 5.73 Å². The lowest BCUT2D eigenvalue weighted by Crippen LogP contribution is -2.27. The van der Waals surface area contributed by atoms with Gasteiger partial charge in [-0.3, -0.25) is 0 Å². The van der Waals surface area contributed by atoms with Gasteiger partial charge in [-0.2, -0.15) is 0 Å². The number of hydrogen-bond donors (Lipinski definition) is 2. The minimum absolute atomic E-state index is 0.0583. The number of benzene rings is 3. The van der Waals surface area contributed by atoms with Crippen molar-refractivity contribution in [2.45, 2.75) is 51.6 Å². The van der Waals surface area contributed by atoms with Crippen molar-refractivity contribution < 1.29 is 4.74 Å². The zero-order chi connectivity index (χ0) is 21.7. The van der Waals surface area contributed by atoms with Crippen LogP contribution in [0.15, 0.2) is 72.8 Å². The Labute approximate surface area is 181 Å². The van der Waals surface area contributed by atoms with E-state index < -0.39 is 0 Å². The third-order valence-corrected chi connectivity index (χ3v) is 5.65. The van der Waals surface area contributed by atoms with Gasteiger partial charge in [-0.15, -0.1) is 0 Å². The first-order chi connectivity index (χ1) is 14.4. The van der Waals surface area contributed by atoms with E-state index in [-0.39, 0.29) is 12.1 Å². The summed E-state index contributed by atoms with van der Waals surface area (Å²) in [5.74, 6) is 1.60. The number of rotatable bonds is 8. The molecule has 3 heteroatoms. The first-order valence-corrected chi connectivity index (χ1v) is 10.8. The quantitative estimate of drug-likeness (QED) is 0.436. The highest BCUT2D eigenvalue weighted by atomic mass is 16.5. The molecule has 3 aromatic rings. The van der Waals surface area contributed by atoms with Crippen molar-refractivity contribution in [3.63, 3.8) is 0 Å². The molecule has 0 saturated heterocycles. The Hall–Kier alpha value is -2.78. The molecule has 3 aromatic carbocycles. The van der Waals surface area contributed by atoms with E-state index in [9.17, 15) is 0 Å². The topological polar surface area (TPSA) is 47.3 Å². The Morgan fingerprint density at radius 2 is 1.20 bits per heavy atom. The molecular weight excluding hydrogens is 368 g/mol. The molecule has 0 spiro atoms. The lowest BCUT2D eigenvalue weighted by atomic mass is 9.89. The molecule has 0 aliphatic rings. The lowest BCUT2D eigenvalue weighted by Gasteiger charge is -2.31. The number of ether oxygens (including phenoxy) is 1. The fraction of sp³-hybridized carbons (Fsp3) is 0.333. The van der Waals surface area contributed by atoms with Gasteiger partial charge in [0, 0.05) is 5.69 Å². The van der Waals surface area contributed by atoms with E-state index in [0.29, 0.717) is 11.8 Å². The molecular formula is C27H34N2O. The molecule has 30 heavy (non-hydrogen) atoms. The molecule has 0 aromatic heterocycles. The van der Waals surface area contributed by atoms with E-state index >= 15 is 0 Å². The molecule has 158 valence electrons. The van der Waals surface area contributed by atoms with Crippen molar-refractivity contribution in [3.8, 4) is 5.75 Å². The van der Waals surface area contributed by atoms with Crippen LogP contribution in [-0.2, 0) is 0 Å². The van der Waals surface area contributed by atoms with Gasteiger partial charge in [0.25, 0.3) is 0 Å². The number of hydrogen-bond acceptors (Lipinski definition) is 3. The van der Waals surface area contributed by atoms with Crippen LogP contribution in [0.3, 0.4) is 0 Å². The maximum Gasteiger partial charge on any atom is 0.119 e. The molecule has 3 rings (SSSR count). The normalized spacial score (nSPS) is 13.3. The molecule has 0 bridgehead atoms. The van der Waals surface area contributed by atoms with E-state index in [1.807, 2.05) is 24.3 Å². The van der Waals surface area contributed by atoms with Crippen molar-refractivity contribution in [3.05, 3.63) is 95.1 Å². The summed E-state index contributed by atoms with van der Waals surface area (Å²) < 4.78 is 5.60. The average Bonchev–Trinajstić information content (AvgIpc) is 2.77. The van der Waals surface area contributed by atoms with Gasteiger partial charge >= 0.3 is 0 Å². The average molecular weight is 403 g/mol. The summed E-state index contributed by atoms with van der Waals surface area (Å²) in [7, 11) is 1.73. The van der Waals surface area contributed by atoms with Gasteiger partial charge in [0.15, 0.2) is 0 Å². The molecule has 2 atom stereocenters. The Morgan fingerprint density at radius 1 is 0.733 bits per heavy atom. The van der Waals surface area contributed by atoms with Crippen LogP contribution in [-0.4, -0.2) is 7.11 Å². The fourth-order valence-electron chi connectivity index (χ4n) is 3.92. The highest BCUT2D eigenvalue weighted by Gasteiger charge is 2.25. The third-order valence-electron chi connectivity index (χ3n) is 5.65. The largest absolute Gasteiger partial charge is 0.497 e. The Morgan fingerprint density at radius 3 is 1.63 bits per heavy atom. The second-order valence-electron chi connectivity index (χ2n) is 8.46. The second kappa shape index (κ2) is 9.82. The monoisotopic (exact) mass is 402 g/mol. The maximum absolute atomic E-state index is 6.84. The summed E-state index contributed by atoms with van der Waals surface area (Å²) in [5, 5.41) is 3.86. The van der Waals surface area contributed by atoms with Gasteiger partial charge in [-0.05, 0) is 46.2 Å². The first-order valence-electron chi connectivity index (χ1n) is 10.8. The van der Waals surface area contributed by atoms with Gasteiger partial charge in [-0.1, -0.05) is 88.4 Å². The van der Waals surface area contributed by atoms with E-state index in [1.165, 1.54) is 22.4 Å². The minimum atomic E-state index is -0.185. The van der Waals surface area contributed by atoms with E-state index in [4.69, 9.17) is 10.5 Å². The molecule has 0 heterocycles. The summed E-state index contributed by atoms with van der Waals surface area (Å²) in [6.07, 6.45) is 0. The highest BCUT2D eigenvalue weighted by Crippen LogP contribution is 2.40.